The average molecular weight is 331 g/mol. The van der Waals surface area contributed by atoms with E-state index in [1.807, 2.05) is 0 Å². The van der Waals surface area contributed by atoms with Gasteiger partial charge in [-0.3, -0.25) is 9.59 Å². The molecule has 0 aliphatic rings. The highest BCUT2D eigenvalue weighted by Gasteiger charge is 2.26. The summed E-state index contributed by atoms with van der Waals surface area (Å²) in [4.78, 5) is 23.4. The molecule has 0 saturated heterocycles. The number of halogens is 2. The third kappa shape index (κ3) is 5.42. The predicted octanol–water partition coefficient (Wildman–Crippen LogP) is 4.04. The van der Waals surface area contributed by atoms with Crippen LogP contribution in [0, 0.1) is 5.92 Å². The summed E-state index contributed by atoms with van der Waals surface area (Å²) in [5, 5.41) is 9.56. The lowest BCUT2D eigenvalue weighted by molar-refractivity contribution is 0.0690. The third-order valence-corrected chi connectivity index (χ3v) is 4.02. The van der Waals surface area contributed by atoms with Crippen LogP contribution in [0.5, 0.6) is 0 Å². The summed E-state index contributed by atoms with van der Waals surface area (Å²) in [6.07, 6.45) is 2.77. The first kappa shape index (κ1) is 18.1. The Balaban J connectivity index is 2.75. The molecule has 5 heteroatoms. The second kappa shape index (κ2) is 9.19. The molecule has 0 radical (unpaired) electrons. The van der Waals surface area contributed by atoms with Crippen molar-refractivity contribution in [2.24, 2.45) is 5.92 Å². The molecule has 0 fully saturated rings. The number of Topliss-reactive ketones (excluding diaryl/α,β-unsaturated/α-hetero) is 1. The number of aliphatic hydroxyl groups is 1. The van der Waals surface area contributed by atoms with E-state index in [1.165, 1.54) is 24.3 Å². The second-order valence-electron chi connectivity index (χ2n) is 5.04. The van der Waals surface area contributed by atoms with Crippen molar-refractivity contribution in [3.63, 3.8) is 0 Å². The Morgan fingerprint density at radius 3 is 2.19 bits per heavy atom. The van der Waals surface area contributed by atoms with Crippen LogP contribution in [0.4, 0.5) is 0 Å². The number of carbonyl (C=O) groups excluding carboxylic acids is 2. The number of ketones is 1. The fourth-order valence-electron chi connectivity index (χ4n) is 2.13. The number of hydrogen-bond donors (Lipinski definition) is 1. The molecule has 3 nitrogen and oxygen atoms in total. The Morgan fingerprint density at radius 1 is 1.14 bits per heavy atom. The van der Waals surface area contributed by atoms with Gasteiger partial charge in [-0.15, -0.1) is 11.6 Å². The second-order valence-corrected chi connectivity index (χ2v) is 5.69. The third-order valence-electron chi connectivity index (χ3n) is 3.47. The molecule has 0 aliphatic heterocycles. The van der Waals surface area contributed by atoms with Crippen LogP contribution in [-0.4, -0.2) is 28.1 Å². The summed E-state index contributed by atoms with van der Waals surface area (Å²) >= 11 is 11.2. The van der Waals surface area contributed by atoms with Crippen LogP contribution in [0.3, 0.4) is 0 Å². The molecule has 2 unspecified atom stereocenters. The van der Waals surface area contributed by atoms with Crippen LogP contribution in [0.15, 0.2) is 24.3 Å². The van der Waals surface area contributed by atoms with Crippen molar-refractivity contribution in [3.05, 3.63) is 35.4 Å². The first-order chi connectivity index (χ1) is 10.0. The van der Waals surface area contributed by atoms with Crippen LogP contribution >= 0.6 is 23.2 Å². The van der Waals surface area contributed by atoms with Gasteiger partial charge in [-0.05, 0) is 30.2 Å². The fourth-order valence-corrected chi connectivity index (χ4v) is 2.60. The van der Waals surface area contributed by atoms with Crippen molar-refractivity contribution >= 4 is 34.2 Å². The minimum absolute atomic E-state index is 0.0717. The van der Waals surface area contributed by atoms with Gasteiger partial charge in [0.2, 0.25) is 0 Å². The average Bonchev–Trinajstić information content (AvgIpc) is 2.48. The minimum Gasteiger partial charge on any atom is -0.392 e. The van der Waals surface area contributed by atoms with E-state index >= 15 is 0 Å². The lowest BCUT2D eigenvalue weighted by Gasteiger charge is -2.19. The van der Waals surface area contributed by atoms with E-state index in [1.54, 1.807) is 0 Å². The molecule has 116 valence electrons. The number of rotatable bonds is 9. The Labute approximate surface area is 135 Å². The molecule has 1 N–H and O–H groups in total. The molecule has 0 spiro atoms. The van der Waals surface area contributed by atoms with Gasteiger partial charge < -0.3 is 5.11 Å². The van der Waals surface area contributed by atoms with Crippen molar-refractivity contribution in [2.45, 2.75) is 38.7 Å². The van der Waals surface area contributed by atoms with Gasteiger partial charge >= 0.3 is 0 Å². The molecular weight excluding hydrogens is 311 g/mol. The maximum absolute atomic E-state index is 12.4. The van der Waals surface area contributed by atoms with Gasteiger partial charge in [0, 0.05) is 17.0 Å². The SMILES string of the molecule is CCCCCC(O)C(CCl)C(=O)c1ccc(C(=O)Cl)cc1. The highest BCUT2D eigenvalue weighted by molar-refractivity contribution is 6.67. The molecule has 0 heterocycles. The van der Waals surface area contributed by atoms with E-state index in [0.717, 1.165) is 19.3 Å². The first-order valence-corrected chi connectivity index (χ1v) is 8.00. The molecule has 0 amide bonds. The Hall–Kier alpha value is -0.900. The Morgan fingerprint density at radius 2 is 1.71 bits per heavy atom. The van der Waals surface area contributed by atoms with Gasteiger partial charge in [0.05, 0.1) is 12.0 Å². The van der Waals surface area contributed by atoms with E-state index in [9.17, 15) is 14.7 Å². The number of carbonyl (C=O) groups is 2. The van der Waals surface area contributed by atoms with E-state index in [2.05, 4.69) is 6.92 Å². The van der Waals surface area contributed by atoms with Gasteiger partial charge in [0.25, 0.3) is 5.24 Å². The van der Waals surface area contributed by atoms with Crippen LogP contribution in [0.1, 0.15) is 53.3 Å². The molecular formula is C16H20Cl2O3. The lowest BCUT2D eigenvalue weighted by Crippen LogP contribution is -2.30. The number of alkyl halides is 1. The molecule has 1 aromatic rings. The standard InChI is InChI=1S/C16H20Cl2O3/c1-2-3-4-5-14(19)13(10-17)15(20)11-6-8-12(9-7-11)16(18)21/h6-9,13-14,19H,2-5,10H2,1H3. The zero-order valence-corrected chi connectivity index (χ0v) is 13.5. The summed E-state index contributed by atoms with van der Waals surface area (Å²) in [6.45, 7) is 2.08. The molecule has 0 aromatic heterocycles. The van der Waals surface area contributed by atoms with Crippen LogP contribution in [-0.2, 0) is 0 Å². The number of benzene rings is 1. The topological polar surface area (TPSA) is 54.4 Å². The molecule has 0 aliphatic carbocycles. The number of aliphatic hydroxyl groups excluding tert-OH is 1. The van der Waals surface area contributed by atoms with Gasteiger partial charge in [-0.25, -0.2) is 0 Å². The van der Waals surface area contributed by atoms with Crippen molar-refractivity contribution in [3.8, 4) is 0 Å². The molecule has 0 saturated carbocycles. The monoisotopic (exact) mass is 330 g/mol. The molecule has 2 atom stereocenters. The van der Waals surface area contributed by atoms with Crippen LogP contribution in [0.2, 0.25) is 0 Å². The lowest BCUT2D eigenvalue weighted by atomic mass is 9.91. The summed E-state index contributed by atoms with van der Waals surface area (Å²) < 4.78 is 0. The van der Waals surface area contributed by atoms with E-state index in [0.29, 0.717) is 17.5 Å². The largest absolute Gasteiger partial charge is 0.392 e. The summed E-state index contributed by atoms with van der Waals surface area (Å²) in [5.41, 5.74) is 0.760. The Bertz CT molecular complexity index is 471. The maximum atomic E-state index is 12.4. The smallest absolute Gasteiger partial charge is 0.252 e. The summed E-state index contributed by atoms with van der Waals surface area (Å²) in [6, 6.07) is 6.07. The normalized spacial score (nSPS) is 13.7. The molecule has 21 heavy (non-hydrogen) atoms. The van der Waals surface area contributed by atoms with E-state index < -0.39 is 17.3 Å². The van der Waals surface area contributed by atoms with Crippen molar-refractivity contribution < 1.29 is 14.7 Å². The van der Waals surface area contributed by atoms with E-state index in [4.69, 9.17) is 23.2 Å². The van der Waals surface area contributed by atoms with Gasteiger partial charge in [-0.1, -0.05) is 38.3 Å². The quantitative estimate of drug-likeness (QED) is 0.321. The Kier molecular flexibility index (Phi) is 7.94. The first-order valence-electron chi connectivity index (χ1n) is 7.09. The zero-order chi connectivity index (χ0) is 15.8. The fraction of sp³-hybridized carbons (Fsp3) is 0.500. The number of hydrogen-bond acceptors (Lipinski definition) is 3. The highest BCUT2D eigenvalue weighted by Crippen LogP contribution is 2.19. The van der Waals surface area contributed by atoms with Gasteiger partial charge in [-0.2, -0.15) is 0 Å². The minimum atomic E-state index is -0.740. The molecule has 1 aromatic carbocycles. The van der Waals surface area contributed by atoms with Crippen LogP contribution in [0.25, 0.3) is 0 Å². The van der Waals surface area contributed by atoms with E-state index in [-0.39, 0.29) is 11.7 Å². The van der Waals surface area contributed by atoms with Crippen molar-refractivity contribution in [1.29, 1.82) is 0 Å². The zero-order valence-electron chi connectivity index (χ0n) is 12.0. The van der Waals surface area contributed by atoms with Gasteiger partial charge in [0.1, 0.15) is 0 Å². The highest BCUT2D eigenvalue weighted by atomic mass is 35.5. The summed E-state index contributed by atoms with van der Waals surface area (Å²) in [7, 11) is 0. The van der Waals surface area contributed by atoms with Crippen LogP contribution < -0.4 is 0 Å². The molecule has 0 bridgehead atoms. The van der Waals surface area contributed by atoms with Gasteiger partial charge in [0.15, 0.2) is 5.78 Å². The number of unbranched alkanes of at least 4 members (excludes halogenated alkanes) is 2. The van der Waals surface area contributed by atoms with Crippen molar-refractivity contribution in [2.75, 3.05) is 5.88 Å². The predicted molar refractivity (Wildman–Crippen MR) is 85.3 cm³/mol. The van der Waals surface area contributed by atoms with Crippen molar-refractivity contribution in [1.82, 2.24) is 0 Å². The summed E-state index contributed by atoms with van der Waals surface area (Å²) in [5.74, 6) is -0.758. The molecule has 1 rings (SSSR count). The maximum Gasteiger partial charge on any atom is 0.252 e.